The summed E-state index contributed by atoms with van der Waals surface area (Å²) in [7, 11) is 0. The summed E-state index contributed by atoms with van der Waals surface area (Å²) in [6.07, 6.45) is 6.61. The summed E-state index contributed by atoms with van der Waals surface area (Å²) in [5.74, 6) is -0.229. The predicted octanol–water partition coefficient (Wildman–Crippen LogP) is 1.97. The molecule has 1 heterocycles. The van der Waals surface area contributed by atoms with Gasteiger partial charge in [-0.25, -0.2) is 4.79 Å². The van der Waals surface area contributed by atoms with Crippen molar-refractivity contribution in [3.05, 3.63) is 11.6 Å². The fourth-order valence-corrected chi connectivity index (χ4v) is 3.60. The smallest absolute Gasteiger partial charge is 0.328 e. The van der Waals surface area contributed by atoms with Gasteiger partial charge >= 0.3 is 5.97 Å². The van der Waals surface area contributed by atoms with Gasteiger partial charge in [0.25, 0.3) is 0 Å². The number of hydrogen-bond acceptors (Lipinski definition) is 2. The Bertz CT molecular complexity index is 347. The minimum absolute atomic E-state index is 0.107. The van der Waals surface area contributed by atoms with Crippen LogP contribution in [0.4, 0.5) is 0 Å². The molecule has 3 fully saturated rings. The molecule has 1 aliphatic heterocycles. The average Bonchev–Trinajstić information content (AvgIpc) is 2.87. The van der Waals surface area contributed by atoms with E-state index in [0.29, 0.717) is 18.1 Å². The largest absolute Gasteiger partial charge is 0.478 e. The van der Waals surface area contributed by atoms with Crippen LogP contribution < -0.4 is 0 Å². The molecule has 0 radical (unpaired) electrons. The summed E-state index contributed by atoms with van der Waals surface area (Å²) < 4.78 is 5.64. The van der Waals surface area contributed by atoms with Crippen molar-refractivity contribution in [1.82, 2.24) is 0 Å². The highest BCUT2D eigenvalue weighted by atomic mass is 16.6. The molecule has 15 heavy (non-hydrogen) atoms. The van der Waals surface area contributed by atoms with Crippen molar-refractivity contribution in [3.63, 3.8) is 0 Å². The van der Waals surface area contributed by atoms with E-state index < -0.39 is 5.97 Å². The molecule has 3 nitrogen and oxygen atoms in total. The Morgan fingerprint density at radius 1 is 1.60 bits per heavy atom. The molecule has 3 heteroatoms. The summed E-state index contributed by atoms with van der Waals surface area (Å²) in [5.41, 5.74) is 1.24. The Morgan fingerprint density at radius 2 is 2.40 bits per heavy atom. The molecule has 0 bridgehead atoms. The lowest BCUT2D eigenvalue weighted by Gasteiger charge is -2.35. The molecule has 3 aliphatic rings. The summed E-state index contributed by atoms with van der Waals surface area (Å²) in [6.45, 7) is 2.22. The molecule has 0 aromatic carbocycles. The number of rotatable bonds is 1. The van der Waals surface area contributed by atoms with Crippen molar-refractivity contribution in [3.8, 4) is 0 Å². The quantitative estimate of drug-likeness (QED) is 0.529. The highest BCUT2D eigenvalue weighted by Crippen LogP contribution is 2.60. The Balaban J connectivity index is 1.92. The Morgan fingerprint density at radius 3 is 3.13 bits per heavy atom. The fourth-order valence-electron chi connectivity index (χ4n) is 3.60. The number of aliphatic carboxylic acids is 1. The van der Waals surface area contributed by atoms with Crippen LogP contribution >= 0.6 is 0 Å². The van der Waals surface area contributed by atoms with E-state index in [1.54, 1.807) is 0 Å². The fraction of sp³-hybridized carbons (Fsp3) is 0.750. The molecular weight excluding hydrogens is 192 g/mol. The Labute approximate surface area is 89.1 Å². The van der Waals surface area contributed by atoms with Crippen LogP contribution in [0, 0.1) is 11.3 Å². The van der Waals surface area contributed by atoms with Crippen LogP contribution in [0.25, 0.3) is 0 Å². The number of hydrogen-bond donors (Lipinski definition) is 1. The van der Waals surface area contributed by atoms with E-state index in [4.69, 9.17) is 9.84 Å². The maximum atomic E-state index is 10.8. The summed E-state index contributed by atoms with van der Waals surface area (Å²) in [5, 5.41) is 8.85. The zero-order valence-electron chi connectivity index (χ0n) is 8.90. The summed E-state index contributed by atoms with van der Waals surface area (Å²) in [4.78, 5) is 10.8. The van der Waals surface area contributed by atoms with Crippen LogP contribution in [0.2, 0.25) is 0 Å². The number of ether oxygens (including phenoxy) is 1. The molecule has 2 saturated carbocycles. The zero-order chi connectivity index (χ0) is 10.6. The van der Waals surface area contributed by atoms with Crippen molar-refractivity contribution in [2.75, 3.05) is 0 Å². The third-order valence-electron chi connectivity index (χ3n) is 4.54. The number of carboxylic acid groups (broad SMARTS) is 1. The summed E-state index contributed by atoms with van der Waals surface area (Å²) in [6, 6.07) is 0. The van der Waals surface area contributed by atoms with E-state index in [9.17, 15) is 4.79 Å². The second kappa shape index (κ2) is 2.85. The zero-order valence-corrected chi connectivity index (χ0v) is 8.90. The van der Waals surface area contributed by atoms with E-state index in [0.717, 1.165) is 31.3 Å². The third-order valence-corrected chi connectivity index (χ3v) is 4.54. The van der Waals surface area contributed by atoms with Gasteiger partial charge in [0.1, 0.15) is 0 Å². The predicted molar refractivity (Wildman–Crippen MR) is 54.4 cm³/mol. The number of fused-ring (bicyclic) bond motifs is 3. The standard InChI is InChI=1S/C12H16O3/c1-12-5-4-9-11(15-9)8(12)3-2-7(12)6-10(13)14/h6,8-9,11H,2-5H2,1H3,(H,13,14)/t8-,9-,11+,12+/m0/s1. The van der Waals surface area contributed by atoms with E-state index in [2.05, 4.69) is 6.92 Å². The molecule has 82 valence electrons. The molecule has 2 aliphatic carbocycles. The lowest BCUT2D eigenvalue weighted by Crippen LogP contribution is -2.32. The van der Waals surface area contributed by atoms with Gasteiger partial charge < -0.3 is 9.84 Å². The van der Waals surface area contributed by atoms with Crippen LogP contribution in [-0.2, 0) is 9.53 Å². The first-order valence-electron chi connectivity index (χ1n) is 5.71. The lowest BCUT2D eigenvalue weighted by atomic mass is 9.68. The number of carbonyl (C=O) groups is 1. The van der Waals surface area contributed by atoms with Gasteiger partial charge in [-0.05, 0) is 37.0 Å². The van der Waals surface area contributed by atoms with Gasteiger partial charge in [0, 0.05) is 6.08 Å². The first-order chi connectivity index (χ1) is 7.11. The molecule has 0 aromatic heterocycles. The Kier molecular flexibility index (Phi) is 1.78. The van der Waals surface area contributed by atoms with Crippen molar-refractivity contribution in [2.24, 2.45) is 11.3 Å². The molecule has 0 aromatic rings. The maximum Gasteiger partial charge on any atom is 0.328 e. The third kappa shape index (κ3) is 1.26. The van der Waals surface area contributed by atoms with Crippen molar-refractivity contribution in [2.45, 2.75) is 44.8 Å². The van der Waals surface area contributed by atoms with Crippen LogP contribution in [0.5, 0.6) is 0 Å². The minimum atomic E-state index is -0.800. The SMILES string of the molecule is C[C@]12CC[C@@H]3O[C@@H]3[C@@H]1CCC2=CC(=O)O. The van der Waals surface area contributed by atoms with Crippen molar-refractivity contribution in [1.29, 1.82) is 0 Å². The van der Waals surface area contributed by atoms with Gasteiger partial charge in [0.15, 0.2) is 0 Å². The molecule has 1 saturated heterocycles. The van der Waals surface area contributed by atoms with Gasteiger partial charge in [0.05, 0.1) is 12.2 Å². The van der Waals surface area contributed by atoms with Gasteiger partial charge in [-0.15, -0.1) is 0 Å². The minimum Gasteiger partial charge on any atom is -0.478 e. The summed E-state index contributed by atoms with van der Waals surface area (Å²) >= 11 is 0. The topological polar surface area (TPSA) is 49.8 Å². The van der Waals surface area contributed by atoms with Gasteiger partial charge in [-0.1, -0.05) is 12.5 Å². The first kappa shape index (κ1) is 9.40. The van der Waals surface area contributed by atoms with Crippen LogP contribution in [0.1, 0.15) is 32.6 Å². The van der Waals surface area contributed by atoms with Crippen LogP contribution in [-0.4, -0.2) is 23.3 Å². The molecule has 4 atom stereocenters. The molecule has 3 rings (SSSR count). The van der Waals surface area contributed by atoms with E-state index in [1.807, 2.05) is 0 Å². The first-order valence-corrected chi connectivity index (χ1v) is 5.71. The molecule has 1 N–H and O–H groups in total. The second-order valence-electron chi connectivity index (χ2n) is 5.25. The number of carboxylic acids is 1. The van der Waals surface area contributed by atoms with Crippen molar-refractivity contribution < 1.29 is 14.6 Å². The van der Waals surface area contributed by atoms with Gasteiger partial charge in [-0.3, -0.25) is 0 Å². The normalized spacial score (nSPS) is 49.9. The highest BCUT2D eigenvalue weighted by Gasteiger charge is 2.59. The molecule has 0 spiro atoms. The number of epoxide rings is 1. The molecular formula is C12H16O3. The Hall–Kier alpha value is -0.830. The van der Waals surface area contributed by atoms with Gasteiger partial charge in [-0.2, -0.15) is 0 Å². The molecule has 0 unspecified atom stereocenters. The monoisotopic (exact) mass is 208 g/mol. The highest BCUT2D eigenvalue weighted by molar-refractivity contribution is 5.81. The molecule has 0 amide bonds. The van der Waals surface area contributed by atoms with E-state index in [1.165, 1.54) is 6.08 Å². The number of allylic oxidation sites excluding steroid dienone is 1. The van der Waals surface area contributed by atoms with Crippen LogP contribution in [0.15, 0.2) is 11.6 Å². The average molecular weight is 208 g/mol. The maximum absolute atomic E-state index is 10.8. The second-order valence-corrected chi connectivity index (χ2v) is 5.25. The van der Waals surface area contributed by atoms with Crippen molar-refractivity contribution >= 4 is 5.97 Å². The van der Waals surface area contributed by atoms with Gasteiger partial charge in [0.2, 0.25) is 0 Å². The van der Waals surface area contributed by atoms with E-state index >= 15 is 0 Å². The lowest BCUT2D eigenvalue weighted by molar-refractivity contribution is -0.131. The van der Waals surface area contributed by atoms with Crippen LogP contribution in [0.3, 0.4) is 0 Å². The van der Waals surface area contributed by atoms with E-state index in [-0.39, 0.29) is 5.41 Å².